The fourth-order valence-corrected chi connectivity index (χ4v) is 1.75. The highest BCUT2D eigenvalue weighted by Crippen LogP contribution is 2.25. The van der Waals surface area contributed by atoms with E-state index in [-0.39, 0.29) is 0 Å². The first-order chi connectivity index (χ1) is 7.65. The van der Waals surface area contributed by atoms with Crippen molar-refractivity contribution in [2.75, 3.05) is 5.73 Å². The molecule has 82 valence electrons. The SMILES string of the molecule is Cc1nc(N)cc(Oc2ccccc2I)n1. The van der Waals surface area contributed by atoms with Crippen LogP contribution in [0.25, 0.3) is 0 Å². The van der Waals surface area contributed by atoms with Crippen molar-refractivity contribution in [3.63, 3.8) is 0 Å². The van der Waals surface area contributed by atoms with E-state index in [0.29, 0.717) is 17.5 Å². The van der Waals surface area contributed by atoms with Crippen LogP contribution < -0.4 is 10.5 Å². The van der Waals surface area contributed by atoms with Crippen LogP contribution in [-0.4, -0.2) is 9.97 Å². The average Bonchev–Trinajstić information content (AvgIpc) is 2.20. The van der Waals surface area contributed by atoms with Gasteiger partial charge in [-0.1, -0.05) is 12.1 Å². The van der Waals surface area contributed by atoms with Gasteiger partial charge in [0.15, 0.2) is 0 Å². The first kappa shape index (κ1) is 11.1. The van der Waals surface area contributed by atoms with Crippen LogP contribution in [0.2, 0.25) is 0 Å². The molecule has 0 saturated heterocycles. The molecule has 0 aliphatic heterocycles. The third-order valence-corrected chi connectivity index (χ3v) is 2.78. The lowest BCUT2D eigenvalue weighted by molar-refractivity contribution is 0.457. The van der Waals surface area contributed by atoms with Gasteiger partial charge in [0.2, 0.25) is 5.88 Å². The maximum atomic E-state index is 5.63. The highest BCUT2D eigenvalue weighted by atomic mass is 127. The third kappa shape index (κ3) is 2.60. The van der Waals surface area contributed by atoms with Crippen LogP contribution in [0.5, 0.6) is 11.6 Å². The molecule has 0 aliphatic rings. The third-order valence-electron chi connectivity index (χ3n) is 1.89. The monoisotopic (exact) mass is 327 g/mol. The van der Waals surface area contributed by atoms with Crippen LogP contribution in [0.15, 0.2) is 30.3 Å². The van der Waals surface area contributed by atoms with Gasteiger partial charge in [0.25, 0.3) is 0 Å². The van der Waals surface area contributed by atoms with Gasteiger partial charge in [-0.2, -0.15) is 4.98 Å². The van der Waals surface area contributed by atoms with E-state index < -0.39 is 0 Å². The molecule has 1 heterocycles. The quantitative estimate of drug-likeness (QED) is 0.862. The Morgan fingerprint density at radius 3 is 2.69 bits per heavy atom. The first-order valence-electron chi connectivity index (χ1n) is 4.69. The standard InChI is InChI=1S/C11H10IN3O/c1-7-14-10(13)6-11(15-7)16-9-5-3-2-4-8(9)12/h2-6H,1H3,(H2,13,14,15). The molecule has 0 fully saturated rings. The van der Waals surface area contributed by atoms with E-state index in [9.17, 15) is 0 Å². The van der Waals surface area contributed by atoms with E-state index in [1.165, 1.54) is 0 Å². The van der Waals surface area contributed by atoms with Crippen molar-refractivity contribution < 1.29 is 4.74 Å². The van der Waals surface area contributed by atoms with E-state index in [2.05, 4.69) is 32.6 Å². The van der Waals surface area contributed by atoms with Gasteiger partial charge in [0, 0.05) is 6.07 Å². The summed E-state index contributed by atoms with van der Waals surface area (Å²) in [6, 6.07) is 9.32. The van der Waals surface area contributed by atoms with E-state index in [4.69, 9.17) is 10.5 Å². The number of nitrogens with zero attached hydrogens (tertiary/aromatic N) is 2. The molecule has 2 aromatic rings. The van der Waals surface area contributed by atoms with Crippen LogP contribution in [0.3, 0.4) is 0 Å². The Kier molecular flexibility index (Phi) is 3.23. The number of nitrogen functional groups attached to an aromatic ring is 1. The molecule has 0 saturated carbocycles. The normalized spacial score (nSPS) is 10.1. The summed E-state index contributed by atoms with van der Waals surface area (Å²) >= 11 is 2.20. The fraction of sp³-hybridized carbons (Fsp3) is 0.0909. The Morgan fingerprint density at radius 1 is 1.25 bits per heavy atom. The summed E-state index contributed by atoms with van der Waals surface area (Å²) < 4.78 is 6.66. The highest BCUT2D eigenvalue weighted by Gasteiger charge is 2.04. The zero-order valence-corrected chi connectivity index (χ0v) is 10.8. The van der Waals surface area contributed by atoms with Crippen LogP contribution >= 0.6 is 22.6 Å². The van der Waals surface area contributed by atoms with Gasteiger partial charge >= 0.3 is 0 Å². The number of nitrogens with two attached hydrogens (primary N) is 1. The molecular formula is C11H10IN3O. The molecule has 0 atom stereocenters. The summed E-state index contributed by atoms with van der Waals surface area (Å²) in [5, 5.41) is 0. The minimum Gasteiger partial charge on any atom is -0.438 e. The average molecular weight is 327 g/mol. The van der Waals surface area contributed by atoms with Gasteiger partial charge < -0.3 is 10.5 Å². The van der Waals surface area contributed by atoms with Crippen LogP contribution in [0.4, 0.5) is 5.82 Å². The van der Waals surface area contributed by atoms with Crippen LogP contribution in [-0.2, 0) is 0 Å². The van der Waals surface area contributed by atoms with Crippen molar-refractivity contribution in [3.8, 4) is 11.6 Å². The molecule has 2 N–H and O–H groups in total. The second-order valence-corrected chi connectivity index (χ2v) is 4.37. The Bertz CT molecular complexity index is 496. The number of aryl methyl sites for hydroxylation is 1. The summed E-state index contributed by atoms with van der Waals surface area (Å²) in [7, 11) is 0. The first-order valence-corrected chi connectivity index (χ1v) is 5.76. The minimum atomic E-state index is 0.411. The van der Waals surface area contributed by atoms with Crippen LogP contribution in [0, 0.1) is 10.5 Å². The molecule has 5 heteroatoms. The van der Waals surface area contributed by atoms with E-state index >= 15 is 0 Å². The summed E-state index contributed by atoms with van der Waals surface area (Å²) in [6.45, 7) is 1.78. The maximum Gasteiger partial charge on any atom is 0.224 e. The number of hydrogen-bond acceptors (Lipinski definition) is 4. The lowest BCUT2D eigenvalue weighted by Crippen LogP contribution is -1.98. The molecular weight excluding hydrogens is 317 g/mol. The largest absolute Gasteiger partial charge is 0.438 e. The number of ether oxygens (including phenoxy) is 1. The molecule has 0 unspecified atom stereocenters. The second kappa shape index (κ2) is 4.65. The topological polar surface area (TPSA) is 61.0 Å². The lowest BCUT2D eigenvalue weighted by atomic mass is 10.3. The number of rotatable bonds is 2. The molecule has 1 aromatic carbocycles. The van der Waals surface area contributed by atoms with Crippen molar-refractivity contribution in [3.05, 3.63) is 39.7 Å². The van der Waals surface area contributed by atoms with Gasteiger partial charge in [-0.25, -0.2) is 4.98 Å². The highest BCUT2D eigenvalue weighted by molar-refractivity contribution is 14.1. The molecule has 0 bridgehead atoms. The van der Waals surface area contributed by atoms with Gasteiger partial charge in [-0.15, -0.1) is 0 Å². The molecule has 16 heavy (non-hydrogen) atoms. The lowest BCUT2D eigenvalue weighted by Gasteiger charge is -2.07. The smallest absolute Gasteiger partial charge is 0.224 e. The minimum absolute atomic E-state index is 0.411. The van der Waals surface area contributed by atoms with Gasteiger partial charge in [0.05, 0.1) is 3.57 Å². The summed E-state index contributed by atoms with van der Waals surface area (Å²) in [5.41, 5.74) is 5.62. The van der Waals surface area contributed by atoms with Gasteiger partial charge in [-0.3, -0.25) is 0 Å². The van der Waals surface area contributed by atoms with Crippen molar-refractivity contribution in [2.24, 2.45) is 0 Å². The zero-order chi connectivity index (χ0) is 11.5. The molecule has 0 spiro atoms. The predicted molar refractivity (Wildman–Crippen MR) is 70.4 cm³/mol. The maximum absolute atomic E-state index is 5.63. The number of para-hydroxylation sites is 1. The number of benzene rings is 1. The molecule has 0 radical (unpaired) electrons. The molecule has 4 nitrogen and oxygen atoms in total. The Balaban J connectivity index is 2.30. The molecule has 0 amide bonds. The number of aromatic nitrogens is 2. The summed E-state index contributed by atoms with van der Waals surface area (Å²) in [4.78, 5) is 8.14. The number of anilines is 1. The number of halogens is 1. The van der Waals surface area contributed by atoms with Crippen LogP contribution in [0.1, 0.15) is 5.82 Å². The Labute approximate surface area is 107 Å². The van der Waals surface area contributed by atoms with Crippen molar-refractivity contribution in [2.45, 2.75) is 6.92 Å². The van der Waals surface area contributed by atoms with E-state index in [0.717, 1.165) is 9.32 Å². The van der Waals surface area contributed by atoms with Crippen molar-refractivity contribution in [1.29, 1.82) is 0 Å². The summed E-state index contributed by atoms with van der Waals surface area (Å²) in [5.74, 6) is 2.24. The molecule has 1 aromatic heterocycles. The summed E-state index contributed by atoms with van der Waals surface area (Å²) in [6.07, 6.45) is 0. The second-order valence-electron chi connectivity index (χ2n) is 3.21. The fourth-order valence-electron chi connectivity index (χ4n) is 1.25. The molecule has 0 aliphatic carbocycles. The molecule has 2 rings (SSSR count). The van der Waals surface area contributed by atoms with Gasteiger partial charge in [-0.05, 0) is 41.6 Å². The van der Waals surface area contributed by atoms with Crippen molar-refractivity contribution in [1.82, 2.24) is 9.97 Å². The zero-order valence-electron chi connectivity index (χ0n) is 8.64. The number of hydrogen-bond donors (Lipinski definition) is 1. The predicted octanol–water partition coefficient (Wildman–Crippen LogP) is 2.76. The van der Waals surface area contributed by atoms with E-state index in [1.807, 2.05) is 24.3 Å². The Morgan fingerprint density at radius 2 is 2.00 bits per heavy atom. The van der Waals surface area contributed by atoms with Gasteiger partial charge in [0.1, 0.15) is 17.4 Å². The van der Waals surface area contributed by atoms with E-state index in [1.54, 1.807) is 13.0 Å². The Hall–Kier alpha value is -1.37. The van der Waals surface area contributed by atoms with Crippen molar-refractivity contribution >= 4 is 28.4 Å².